The van der Waals surface area contributed by atoms with Gasteiger partial charge < -0.3 is 15.0 Å². The van der Waals surface area contributed by atoms with Crippen molar-refractivity contribution in [2.45, 2.75) is 45.7 Å². The molecule has 5 heteroatoms. The van der Waals surface area contributed by atoms with Crippen LogP contribution in [-0.2, 0) is 29.0 Å². The number of nitrogens with zero attached hydrogens (tertiary/aromatic N) is 1. The minimum atomic E-state index is -0.627. The summed E-state index contributed by atoms with van der Waals surface area (Å²) in [6.45, 7) is 4.92. The van der Waals surface area contributed by atoms with Crippen LogP contribution in [0.3, 0.4) is 0 Å². The summed E-state index contributed by atoms with van der Waals surface area (Å²) in [4.78, 5) is 28.8. The fraction of sp³-hybridized carbons (Fsp3) is 0.310. The number of amides is 2. The molecule has 0 aromatic heterocycles. The van der Waals surface area contributed by atoms with Gasteiger partial charge >= 0.3 is 0 Å². The van der Waals surface area contributed by atoms with Gasteiger partial charge in [0, 0.05) is 19.5 Å². The van der Waals surface area contributed by atoms with Crippen molar-refractivity contribution < 1.29 is 14.3 Å². The van der Waals surface area contributed by atoms with Gasteiger partial charge in [-0.1, -0.05) is 79.2 Å². The Morgan fingerprint density at radius 2 is 1.62 bits per heavy atom. The van der Waals surface area contributed by atoms with Gasteiger partial charge in [0.25, 0.3) is 0 Å². The molecule has 1 atom stereocenters. The number of carbonyl (C=O) groups is 2. The molecule has 0 radical (unpaired) electrons. The van der Waals surface area contributed by atoms with Crippen LogP contribution in [-0.4, -0.2) is 36.4 Å². The maximum atomic E-state index is 13.7. The zero-order valence-electron chi connectivity index (χ0n) is 20.3. The highest BCUT2D eigenvalue weighted by Crippen LogP contribution is 2.19. The van der Waals surface area contributed by atoms with Gasteiger partial charge in [0.15, 0.2) is 0 Å². The molecule has 0 bridgehead atoms. The molecule has 0 aliphatic carbocycles. The van der Waals surface area contributed by atoms with E-state index in [1.54, 1.807) is 12.0 Å². The number of nitrogens with one attached hydrogen (secondary N) is 1. The molecule has 0 fully saturated rings. The van der Waals surface area contributed by atoms with Gasteiger partial charge in [0.2, 0.25) is 11.8 Å². The highest BCUT2D eigenvalue weighted by atomic mass is 16.5. The van der Waals surface area contributed by atoms with Gasteiger partial charge in [-0.05, 0) is 42.2 Å². The minimum absolute atomic E-state index is 0.0824. The summed E-state index contributed by atoms with van der Waals surface area (Å²) in [7, 11) is 1.62. The Kier molecular flexibility index (Phi) is 9.27. The lowest BCUT2D eigenvalue weighted by Gasteiger charge is -2.32. The Labute approximate surface area is 202 Å². The molecule has 0 heterocycles. The van der Waals surface area contributed by atoms with Crippen molar-refractivity contribution in [3.63, 3.8) is 0 Å². The summed E-state index contributed by atoms with van der Waals surface area (Å²) in [6, 6.07) is 24.8. The van der Waals surface area contributed by atoms with E-state index in [-0.39, 0.29) is 18.2 Å². The number of benzene rings is 3. The van der Waals surface area contributed by atoms with E-state index in [0.29, 0.717) is 19.5 Å². The maximum absolute atomic E-state index is 13.7. The Morgan fingerprint density at radius 1 is 0.912 bits per heavy atom. The first-order valence-electron chi connectivity index (χ1n) is 11.8. The molecule has 34 heavy (non-hydrogen) atoms. The summed E-state index contributed by atoms with van der Waals surface area (Å²) in [6.07, 6.45) is 1.51. The highest BCUT2D eigenvalue weighted by molar-refractivity contribution is 5.88. The second-order valence-corrected chi connectivity index (χ2v) is 8.54. The molecule has 3 rings (SSSR count). The third-order valence-electron chi connectivity index (χ3n) is 5.75. The van der Waals surface area contributed by atoms with Crippen LogP contribution in [0, 0.1) is 6.92 Å². The van der Waals surface area contributed by atoms with E-state index in [9.17, 15) is 9.59 Å². The number of methoxy groups -OCH3 is 1. The van der Waals surface area contributed by atoms with Gasteiger partial charge in [-0.15, -0.1) is 0 Å². The van der Waals surface area contributed by atoms with Crippen LogP contribution in [0.1, 0.15) is 35.6 Å². The summed E-state index contributed by atoms with van der Waals surface area (Å²) >= 11 is 0. The van der Waals surface area contributed by atoms with E-state index in [0.717, 1.165) is 34.4 Å². The van der Waals surface area contributed by atoms with Crippen LogP contribution in [0.2, 0.25) is 0 Å². The Bertz CT molecular complexity index is 1080. The molecule has 0 saturated heterocycles. The average molecular weight is 459 g/mol. The van der Waals surface area contributed by atoms with E-state index >= 15 is 0 Å². The summed E-state index contributed by atoms with van der Waals surface area (Å²) in [5, 5.41) is 3.01. The smallest absolute Gasteiger partial charge is 0.243 e. The van der Waals surface area contributed by atoms with Crippen molar-refractivity contribution in [3.8, 4) is 5.75 Å². The summed E-state index contributed by atoms with van der Waals surface area (Å²) < 4.78 is 5.38. The lowest BCUT2D eigenvalue weighted by molar-refractivity contribution is -0.140. The largest absolute Gasteiger partial charge is 0.497 e. The van der Waals surface area contributed by atoms with Crippen molar-refractivity contribution in [2.75, 3.05) is 13.7 Å². The number of hydrogen-bond donors (Lipinski definition) is 1. The third kappa shape index (κ3) is 7.20. The van der Waals surface area contributed by atoms with Crippen LogP contribution in [0.25, 0.3) is 0 Å². The monoisotopic (exact) mass is 458 g/mol. The maximum Gasteiger partial charge on any atom is 0.243 e. The highest BCUT2D eigenvalue weighted by Gasteiger charge is 2.30. The number of ether oxygens (including phenoxy) is 1. The van der Waals surface area contributed by atoms with Crippen LogP contribution in [0.15, 0.2) is 78.9 Å². The topological polar surface area (TPSA) is 58.6 Å². The third-order valence-corrected chi connectivity index (χ3v) is 5.75. The van der Waals surface area contributed by atoms with Crippen LogP contribution >= 0.6 is 0 Å². The second kappa shape index (κ2) is 12.6. The standard InChI is InChI=1S/C29H34N2O3/c1-4-16-30-29(33)27(19-23-11-6-5-7-12-23)31(21-25-14-9-15-26(18-25)34-3)28(32)20-24-13-8-10-22(2)17-24/h5-15,17-18,27H,4,16,19-21H2,1-3H3,(H,30,33). The first-order chi connectivity index (χ1) is 16.5. The van der Waals surface area contributed by atoms with Gasteiger partial charge in [-0.3, -0.25) is 9.59 Å². The number of carbonyl (C=O) groups excluding carboxylic acids is 2. The van der Waals surface area contributed by atoms with Crippen LogP contribution in [0.4, 0.5) is 0 Å². The lowest BCUT2D eigenvalue weighted by Crippen LogP contribution is -2.51. The Hall–Kier alpha value is -3.60. The molecule has 5 nitrogen and oxygen atoms in total. The van der Waals surface area contributed by atoms with Crippen molar-refractivity contribution in [2.24, 2.45) is 0 Å². The molecule has 0 saturated carbocycles. The van der Waals surface area contributed by atoms with Gasteiger partial charge in [0.1, 0.15) is 11.8 Å². The molecular weight excluding hydrogens is 424 g/mol. The minimum Gasteiger partial charge on any atom is -0.497 e. The van der Waals surface area contributed by atoms with Crippen molar-refractivity contribution in [3.05, 3.63) is 101 Å². The number of hydrogen-bond acceptors (Lipinski definition) is 3. The Morgan fingerprint density at radius 3 is 2.32 bits per heavy atom. The molecule has 1 N–H and O–H groups in total. The summed E-state index contributed by atoms with van der Waals surface area (Å²) in [5.41, 5.74) is 3.97. The molecule has 1 unspecified atom stereocenters. The fourth-order valence-corrected chi connectivity index (χ4v) is 3.99. The molecule has 2 amide bonds. The van der Waals surface area contributed by atoms with Crippen LogP contribution < -0.4 is 10.1 Å². The quantitative estimate of drug-likeness (QED) is 0.453. The Balaban J connectivity index is 1.96. The average Bonchev–Trinajstić information content (AvgIpc) is 2.85. The summed E-state index contributed by atoms with van der Waals surface area (Å²) in [5.74, 6) is 0.505. The van der Waals surface area contributed by atoms with Gasteiger partial charge in [0.05, 0.1) is 13.5 Å². The first-order valence-corrected chi connectivity index (χ1v) is 11.8. The molecule has 0 aliphatic rings. The predicted molar refractivity (Wildman–Crippen MR) is 136 cm³/mol. The number of rotatable bonds is 11. The van der Waals surface area contributed by atoms with Gasteiger partial charge in [-0.2, -0.15) is 0 Å². The SMILES string of the molecule is CCCNC(=O)C(Cc1ccccc1)N(Cc1cccc(OC)c1)C(=O)Cc1cccc(C)c1. The van der Waals surface area contributed by atoms with Crippen molar-refractivity contribution in [1.29, 1.82) is 0 Å². The molecule has 0 aliphatic heterocycles. The zero-order valence-corrected chi connectivity index (χ0v) is 20.3. The normalized spacial score (nSPS) is 11.5. The molecule has 3 aromatic carbocycles. The van der Waals surface area contributed by atoms with E-state index in [4.69, 9.17) is 4.74 Å². The van der Waals surface area contributed by atoms with Crippen molar-refractivity contribution in [1.82, 2.24) is 10.2 Å². The number of aryl methyl sites for hydroxylation is 1. The molecule has 0 spiro atoms. The lowest BCUT2D eigenvalue weighted by atomic mass is 10.0. The first kappa shape index (κ1) is 25.0. The van der Waals surface area contributed by atoms with Crippen LogP contribution in [0.5, 0.6) is 5.75 Å². The molecule has 3 aromatic rings. The molecule has 178 valence electrons. The van der Waals surface area contributed by atoms with E-state index < -0.39 is 6.04 Å². The van der Waals surface area contributed by atoms with Gasteiger partial charge in [-0.25, -0.2) is 0 Å². The molecular formula is C29H34N2O3. The van der Waals surface area contributed by atoms with Crippen molar-refractivity contribution >= 4 is 11.8 Å². The zero-order chi connectivity index (χ0) is 24.3. The predicted octanol–water partition coefficient (Wildman–Crippen LogP) is 4.71. The van der Waals surface area contributed by atoms with E-state index in [1.807, 2.05) is 92.7 Å². The second-order valence-electron chi connectivity index (χ2n) is 8.54. The fourth-order valence-electron chi connectivity index (χ4n) is 3.99. The van der Waals surface area contributed by atoms with E-state index in [1.165, 1.54) is 0 Å². The van der Waals surface area contributed by atoms with E-state index in [2.05, 4.69) is 5.32 Å².